The second kappa shape index (κ2) is 5.10. The van der Waals surface area contributed by atoms with Crippen LogP contribution >= 0.6 is 0 Å². The minimum Gasteiger partial charge on any atom is -0.444 e. The molecule has 0 radical (unpaired) electrons. The number of aromatic amines is 1. The minimum absolute atomic E-state index is 0.140. The standard InChI is InChI=1S/C15H13N5O2/c21-15(20-5-3-11-12(7-20)18-9-17-11)13-8-22-14(19-13)10-2-1-4-16-6-10/h1-2,4,6,8-9H,3,5,7H2,(H,17,18). The third-order valence-corrected chi connectivity index (χ3v) is 3.69. The van der Waals surface area contributed by atoms with Crippen LogP contribution in [0, 0.1) is 0 Å². The Morgan fingerprint density at radius 2 is 2.36 bits per heavy atom. The molecule has 1 N–H and O–H groups in total. The molecule has 7 nitrogen and oxygen atoms in total. The van der Waals surface area contributed by atoms with Gasteiger partial charge in [0.15, 0.2) is 5.69 Å². The van der Waals surface area contributed by atoms with E-state index < -0.39 is 0 Å². The highest BCUT2D eigenvalue weighted by atomic mass is 16.3. The van der Waals surface area contributed by atoms with Crippen LogP contribution in [0.15, 0.2) is 41.5 Å². The number of H-pyrrole nitrogens is 1. The van der Waals surface area contributed by atoms with Crippen LogP contribution < -0.4 is 0 Å². The van der Waals surface area contributed by atoms with E-state index in [2.05, 4.69) is 19.9 Å². The summed E-state index contributed by atoms with van der Waals surface area (Å²) in [6.45, 7) is 1.15. The zero-order valence-corrected chi connectivity index (χ0v) is 11.7. The molecule has 0 spiro atoms. The average Bonchev–Trinajstić information content (AvgIpc) is 3.23. The van der Waals surface area contributed by atoms with Crippen LogP contribution in [0.25, 0.3) is 11.5 Å². The second-order valence-electron chi connectivity index (χ2n) is 5.08. The van der Waals surface area contributed by atoms with E-state index in [1.54, 1.807) is 29.7 Å². The van der Waals surface area contributed by atoms with Gasteiger partial charge in [-0.2, -0.15) is 0 Å². The first-order chi connectivity index (χ1) is 10.8. The van der Waals surface area contributed by atoms with Crippen LogP contribution in [0.4, 0.5) is 0 Å². The second-order valence-corrected chi connectivity index (χ2v) is 5.08. The van der Waals surface area contributed by atoms with Gasteiger partial charge in [-0.25, -0.2) is 9.97 Å². The third kappa shape index (κ3) is 2.16. The Kier molecular flexibility index (Phi) is 2.96. The molecule has 0 unspecified atom stereocenters. The number of hydrogen-bond acceptors (Lipinski definition) is 5. The fourth-order valence-corrected chi connectivity index (χ4v) is 2.54. The molecule has 0 atom stereocenters. The van der Waals surface area contributed by atoms with E-state index >= 15 is 0 Å². The summed E-state index contributed by atoms with van der Waals surface area (Å²) in [5, 5.41) is 0. The summed E-state index contributed by atoms with van der Waals surface area (Å²) in [7, 11) is 0. The van der Waals surface area contributed by atoms with Gasteiger partial charge in [-0.1, -0.05) is 0 Å². The molecule has 22 heavy (non-hydrogen) atoms. The Morgan fingerprint density at radius 3 is 3.23 bits per heavy atom. The topological polar surface area (TPSA) is 87.9 Å². The van der Waals surface area contributed by atoms with Crippen molar-refractivity contribution in [2.24, 2.45) is 0 Å². The number of fused-ring (bicyclic) bond motifs is 1. The minimum atomic E-state index is -0.140. The number of amides is 1. The quantitative estimate of drug-likeness (QED) is 0.776. The van der Waals surface area contributed by atoms with Gasteiger partial charge in [-0.3, -0.25) is 9.78 Å². The molecule has 0 saturated carbocycles. The van der Waals surface area contributed by atoms with Crippen LogP contribution in [0.3, 0.4) is 0 Å². The van der Waals surface area contributed by atoms with Crippen molar-refractivity contribution in [1.29, 1.82) is 0 Å². The molecule has 0 aromatic carbocycles. The van der Waals surface area contributed by atoms with Crippen molar-refractivity contribution in [3.8, 4) is 11.5 Å². The van der Waals surface area contributed by atoms with Gasteiger partial charge >= 0.3 is 0 Å². The molecule has 0 saturated heterocycles. The van der Waals surface area contributed by atoms with Crippen molar-refractivity contribution in [2.45, 2.75) is 13.0 Å². The highest BCUT2D eigenvalue weighted by molar-refractivity contribution is 5.92. The van der Waals surface area contributed by atoms with Gasteiger partial charge in [-0.05, 0) is 12.1 Å². The number of aromatic nitrogens is 4. The maximum atomic E-state index is 12.5. The Labute approximate surface area is 126 Å². The predicted molar refractivity (Wildman–Crippen MR) is 76.8 cm³/mol. The van der Waals surface area contributed by atoms with Gasteiger partial charge < -0.3 is 14.3 Å². The largest absolute Gasteiger partial charge is 0.444 e. The number of pyridine rings is 1. The lowest BCUT2D eigenvalue weighted by Gasteiger charge is -2.25. The molecule has 4 rings (SSSR count). The van der Waals surface area contributed by atoms with Crippen LogP contribution in [-0.4, -0.2) is 37.3 Å². The van der Waals surface area contributed by atoms with Crippen LogP contribution in [-0.2, 0) is 13.0 Å². The van der Waals surface area contributed by atoms with Crippen molar-refractivity contribution < 1.29 is 9.21 Å². The Morgan fingerprint density at radius 1 is 1.41 bits per heavy atom. The van der Waals surface area contributed by atoms with Crippen molar-refractivity contribution >= 4 is 5.91 Å². The molecule has 3 aromatic rings. The highest BCUT2D eigenvalue weighted by Crippen LogP contribution is 2.20. The lowest BCUT2D eigenvalue weighted by Crippen LogP contribution is -2.36. The Balaban J connectivity index is 1.56. The first kappa shape index (κ1) is 12.8. The van der Waals surface area contributed by atoms with E-state index in [9.17, 15) is 4.79 Å². The molecular weight excluding hydrogens is 282 g/mol. The summed E-state index contributed by atoms with van der Waals surface area (Å²) < 4.78 is 5.40. The number of imidazole rings is 1. The molecule has 1 aliphatic rings. The van der Waals surface area contributed by atoms with E-state index in [0.717, 1.165) is 23.4 Å². The average molecular weight is 295 g/mol. The predicted octanol–water partition coefficient (Wildman–Crippen LogP) is 1.66. The lowest BCUT2D eigenvalue weighted by molar-refractivity contribution is 0.0726. The maximum Gasteiger partial charge on any atom is 0.276 e. The number of rotatable bonds is 2. The van der Waals surface area contributed by atoms with E-state index in [0.29, 0.717) is 24.7 Å². The number of hydrogen-bond donors (Lipinski definition) is 1. The van der Waals surface area contributed by atoms with Crippen LogP contribution in [0.2, 0.25) is 0 Å². The summed E-state index contributed by atoms with van der Waals surface area (Å²) in [6, 6.07) is 3.64. The monoisotopic (exact) mass is 295 g/mol. The van der Waals surface area contributed by atoms with Gasteiger partial charge in [0.05, 0.1) is 29.8 Å². The number of nitrogens with one attached hydrogen (secondary N) is 1. The molecule has 0 fully saturated rings. The van der Waals surface area contributed by atoms with Gasteiger partial charge in [0, 0.05) is 25.4 Å². The Bertz CT molecular complexity index is 808. The summed E-state index contributed by atoms with van der Waals surface area (Å²) in [6.07, 6.45) is 7.13. The molecule has 1 aliphatic heterocycles. The summed E-state index contributed by atoms with van der Waals surface area (Å²) in [5.41, 5.74) is 3.06. The molecule has 1 amide bonds. The summed E-state index contributed by atoms with van der Waals surface area (Å²) in [4.78, 5) is 29.9. The van der Waals surface area contributed by atoms with Crippen molar-refractivity contribution in [3.63, 3.8) is 0 Å². The molecule has 0 aliphatic carbocycles. The molecule has 110 valence electrons. The van der Waals surface area contributed by atoms with E-state index in [-0.39, 0.29) is 5.91 Å². The first-order valence-corrected chi connectivity index (χ1v) is 6.97. The Hall–Kier alpha value is -2.96. The smallest absolute Gasteiger partial charge is 0.276 e. The van der Waals surface area contributed by atoms with Crippen LogP contribution in [0.5, 0.6) is 0 Å². The fourth-order valence-electron chi connectivity index (χ4n) is 2.54. The molecule has 7 heteroatoms. The lowest BCUT2D eigenvalue weighted by atomic mass is 10.1. The number of carbonyl (C=O) groups is 1. The van der Waals surface area contributed by atoms with Gasteiger partial charge in [-0.15, -0.1) is 0 Å². The van der Waals surface area contributed by atoms with Crippen molar-refractivity contribution in [1.82, 2.24) is 24.8 Å². The third-order valence-electron chi connectivity index (χ3n) is 3.69. The summed E-state index contributed by atoms with van der Waals surface area (Å²) >= 11 is 0. The molecule has 4 heterocycles. The van der Waals surface area contributed by atoms with Crippen molar-refractivity contribution in [2.75, 3.05) is 6.54 Å². The van der Waals surface area contributed by atoms with E-state index in [1.165, 1.54) is 6.26 Å². The summed E-state index contributed by atoms with van der Waals surface area (Å²) in [5.74, 6) is 0.259. The SMILES string of the molecule is O=C(c1coc(-c2cccnc2)n1)N1CCc2nc[nH]c2C1. The van der Waals surface area contributed by atoms with Gasteiger partial charge in [0.1, 0.15) is 6.26 Å². The fraction of sp³-hybridized carbons (Fsp3) is 0.200. The number of nitrogens with zero attached hydrogens (tertiary/aromatic N) is 4. The number of oxazole rings is 1. The number of carbonyl (C=O) groups excluding carboxylic acids is 1. The molecule has 3 aromatic heterocycles. The van der Waals surface area contributed by atoms with Crippen molar-refractivity contribution in [3.05, 3.63) is 54.2 Å². The van der Waals surface area contributed by atoms with Crippen LogP contribution in [0.1, 0.15) is 21.9 Å². The van der Waals surface area contributed by atoms with Gasteiger partial charge in [0.25, 0.3) is 5.91 Å². The normalized spacial score (nSPS) is 13.9. The molecule has 0 bridgehead atoms. The molecular formula is C15H13N5O2. The zero-order valence-electron chi connectivity index (χ0n) is 11.7. The highest BCUT2D eigenvalue weighted by Gasteiger charge is 2.25. The zero-order chi connectivity index (χ0) is 14.9. The van der Waals surface area contributed by atoms with E-state index in [1.807, 2.05) is 6.07 Å². The maximum absolute atomic E-state index is 12.5. The van der Waals surface area contributed by atoms with E-state index in [4.69, 9.17) is 4.42 Å². The van der Waals surface area contributed by atoms with Gasteiger partial charge in [0.2, 0.25) is 5.89 Å². The first-order valence-electron chi connectivity index (χ1n) is 6.97.